The van der Waals surface area contributed by atoms with Crippen LogP contribution in [-0.2, 0) is 0 Å². The van der Waals surface area contributed by atoms with Crippen molar-refractivity contribution in [2.75, 3.05) is 0 Å². The van der Waals surface area contributed by atoms with Gasteiger partial charge in [-0.2, -0.15) is 0 Å². The van der Waals surface area contributed by atoms with E-state index in [2.05, 4.69) is 48.5 Å². The Morgan fingerprint density at radius 3 is 1.50 bits per heavy atom. The van der Waals surface area contributed by atoms with Crippen LogP contribution < -0.4 is 10.7 Å². The lowest BCUT2D eigenvalue weighted by molar-refractivity contribution is 1.07. The van der Waals surface area contributed by atoms with Crippen LogP contribution in [0.25, 0.3) is 0 Å². The van der Waals surface area contributed by atoms with Crippen molar-refractivity contribution in [1.82, 2.24) is 0 Å². The Balaban J connectivity index is 1.76. The molecule has 0 saturated carbocycles. The summed E-state index contributed by atoms with van der Waals surface area (Å²) < 4.78 is 0. The molecular formula is C18H10N2S2. The number of nitrogens with zero attached hydrogens (tertiary/aromatic N) is 2. The molecule has 104 valence electrons. The summed E-state index contributed by atoms with van der Waals surface area (Å²) >= 11 is 3.55. The average molecular weight is 318 g/mol. The van der Waals surface area contributed by atoms with Gasteiger partial charge in [0.05, 0.1) is 22.1 Å². The van der Waals surface area contributed by atoms with Crippen molar-refractivity contribution in [1.29, 1.82) is 0 Å². The van der Waals surface area contributed by atoms with Gasteiger partial charge in [0.1, 0.15) is 0 Å². The second-order valence-corrected chi connectivity index (χ2v) is 7.32. The highest BCUT2D eigenvalue weighted by Crippen LogP contribution is 2.39. The van der Waals surface area contributed by atoms with Gasteiger partial charge in [-0.25, -0.2) is 9.98 Å². The first-order chi connectivity index (χ1) is 10.9. The van der Waals surface area contributed by atoms with Crippen molar-refractivity contribution in [3.8, 4) is 0 Å². The van der Waals surface area contributed by atoms with E-state index in [0.717, 1.165) is 22.1 Å². The van der Waals surface area contributed by atoms with Crippen LogP contribution in [0.3, 0.4) is 0 Å². The van der Waals surface area contributed by atoms with E-state index in [1.807, 2.05) is 12.1 Å². The molecule has 0 aromatic heterocycles. The molecule has 4 heteroatoms. The minimum atomic E-state index is 1.05. The molecule has 0 saturated heterocycles. The fourth-order valence-corrected chi connectivity index (χ4v) is 4.61. The third-order valence-electron chi connectivity index (χ3n) is 3.69. The van der Waals surface area contributed by atoms with E-state index in [9.17, 15) is 0 Å². The lowest BCUT2D eigenvalue weighted by Gasteiger charge is -2.15. The van der Waals surface area contributed by atoms with Gasteiger partial charge in [0.15, 0.2) is 0 Å². The number of benzene rings is 3. The van der Waals surface area contributed by atoms with E-state index in [4.69, 9.17) is 9.98 Å². The van der Waals surface area contributed by atoms with Crippen LogP contribution in [0.1, 0.15) is 0 Å². The van der Waals surface area contributed by atoms with E-state index in [1.54, 1.807) is 23.5 Å². The van der Waals surface area contributed by atoms with Crippen LogP contribution in [-0.4, -0.2) is 0 Å². The van der Waals surface area contributed by atoms with E-state index in [1.165, 1.54) is 19.6 Å². The summed E-state index contributed by atoms with van der Waals surface area (Å²) in [5.41, 5.74) is 2.11. The summed E-state index contributed by atoms with van der Waals surface area (Å²) in [5, 5.41) is 2.09. The molecule has 0 unspecified atom stereocenters. The first kappa shape index (κ1) is 12.5. The summed E-state index contributed by atoms with van der Waals surface area (Å²) in [4.78, 5) is 14.4. The molecule has 3 aromatic rings. The van der Waals surface area contributed by atoms with Gasteiger partial charge < -0.3 is 0 Å². The lowest BCUT2D eigenvalue weighted by Crippen LogP contribution is -2.17. The Morgan fingerprint density at radius 2 is 1.00 bits per heavy atom. The third kappa shape index (κ3) is 1.91. The van der Waals surface area contributed by atoms with Gasteiger partial charge in [-0.15, -0.1) is 0 Å². The maximum Gasteiger partial charge on any atom is 0.0789 e. The first-order valence-electron chi connectivity index (χ1n) is 7.02. The molecule has 2 aliphatic heterocycles. The smallest absolute Gasteiger partial charge is 0.0789 e. The molecule has 0 N–H and O–H groups in total. The maximum atomic E-state index is 4.80. The number of fused-ring (bicyclic) bond motifs is 4. The Bertz CT molecular complexity index is 956. The quantitative estimate of drug-likeness (QED) is 0.419. The fraction of sp³-hybridized carbons (Fsp3) is 0. The maximum absolute atomic E-state index is 4.80. The normalized spacial score (nSPS) is 13.8. The monoisotopic (exact) mass is 318 g/mol. The highest BCUT2D eigenvalue weighted by atomic mass is 32.2. The van der Waals surface area contributed by atoms with Crippen molar-refractivity contribution in [3.63, 3.8) is 0 Å². The van der Waals surface area contributed by atoms with Gasteiger partial charge in [0.25, 0.3) is 0 Å². The zero-order valence-electron chi connectivity index (χ0n) is 11.5. The Hall–Kier alpha value is -2.04. The number of para-hydroxylation sites is 2. The minimum Gasteiger partial charge on any atom is -0.247 e. The van der Waals surface area contributed by atoms with Gasteiger partial charge >= 0.3 is 0 Å². The van der Waals surface area contributed by atoms with Gasteiger partial charge in [0, 0.05) is 19.6 Å². The zero-order chi connectivity index (χ0) is 14.5. The predicted octanol–water partition coefficient (Wildman–Crippen LogP) is 4.52. The summed E-state index contributed by atoms with van der Waals surface area (Å²) in [6.45, 7) is 0. The molecule has 0 bridgehead atoms. The van der Waals surface area contributed by atoms with Gasteiger partial charge in [-0.1, -0.05) is 47.8 Å². The summed E-state index contributed by atoms with van der Waals surface area (Å²) in [6.07, 6.45) is 0. The van der Waals surface area contributed by atoms with Crippen LogP contribution in [0.5, 0.6) is 0 Å². The molecule has 0 aliphatic carbocycles. The Labute approximate surface area is 136 Å². The Kier molecular flexibility index (Phi) is 2.69. The van der Waals surface area contributed by atoms with Crippen LogP contribution in [0.15, 0.2) is 90.2 Å². The van der Waals surface area contributed by atoms with Crippen molar-refractivity contribution in [2.24, 2.45) is 9.98 Å². The largest absolute Gasteiger partial charge is 0.247 e. The topological polar surface area (TPSA) is 24.7 Å². The summed E-state index contributed by atoms with van der Waals surface area (Å²) in [7, 11) is 0. The zero-order valence-corrected chi connectivity index (χ0v) is 13.1. The first-order valence-corrected chi connectivity index (χ1v) is 8.65. The summed E-state index contributed by atoms with van der Waals surface area (Å²) in [6, 6.07) is 20.9. The van der Waals surface area contributed by atoms with E-state index >= 15 is 0 Å². The SMILES string of the molecule is c1ccc2c(c1)N=c1cc3c(cc1S2)=Nc1ccccc1S3. The van der Waals surface area contributed by atoms with Crippen LogP contribution in [0.2, 0.25) is 0 Å². The molecule has 3 aromatic carbocycles. The Morgan fingerprint density at radius 1 is 0.545 bits per heavy atom. The molecule has 0 fully saturated rings. The van der Waals surface area contributed by atoms with Crippen molar-refractivity contribution in [2.45, 2.75) is 19.6 Å². The van der Waals surface area contributed by atoms with Crippen molar-refractivity contribution in [3.05, 3.63) is 71.4 Å². The summed E-state index contributed by atoms with van der Waals surface area (Å²) in [5.74, 6) is 0. The van der Waals surface area contributed by atoms with Gasteiger partial charge in [-0.3, -0.25) is 0 Å². The van der Waals surface area contributed by atoms with E-state index in [0.29, 0.717) is 0 Å². The van der Waals surface area contributed by atoms with Crippen LogP contribution in [0.4, 0.5) is 11.4 Å². The van der Waals surface area contributed by atoms with Gasteiger partial charge in [-0.05, 0) is 36.4 Å². The molecule has 22 heavy (non-hydrogen) atoms. The average Bonchev–Trinajstić information content (AvgIpc) is 2.56. The second-order valence-electron chi connectivity index (χ2n) is 5.15. The third-order valence-corrected chi connectivity index (χ3v) is 5.92. The molecule has 5 rings (SSSR count). The molecule has 2 nitrogen and oxygen atoms in total. The minimum absolute atomic E-state index is 1.05. The van der Waals surface area contributed by atoms with E-state index in [-0.39, 0.29) is 0 Å². The number of hydrogen-bond acceptors (Lipinski definition) is 4. The van der Waals surface area contributed by atoms with E-state index < -0.39 is 0 Å². The molecule has 2 aliphatic rings. The second kappa shape index (κ2) is 4.73. The lowest BCUT2D eigenvalue weighted by atomic mass is 10.2. The van der Waals surface area contributed by atoms with Crippen molar-refractivity contribution < 1.29 is 0 Å². The standard InChI is InChI=1S/C18H10N2S2/c1-3-7-15-11(5-1)19-13-9-18-14(10-17(13)21-15)20-12-6-2-4-8-16(12)22-18/h1-10H. The van der Waals surface area contributed by atoms with Crippen LogP contribution in [0, 0.1) is 0 Å². The number of hydrogen-bond donors (Lipinski definition) is 0. The number of rotatable bonds is 0. The van der Waals surface area contributed by atoms with Crippen molar-refractivity contribution >= 4 is 34.9 Å². The molecule has 2 heterocycles. The molecular weight excluding hydrogens is 308 g/mol. The highest BCUT2D eigenvalue weighted by Gasteiger charge is 2.16. The van der Waals surface area contributed by atoms with Gasteiger partial charge in [0.2, 0.25) is 0 Å². The highest BCUT2D eigenvalue weighted by molar-refractivity contribution is 8.00. The predicted molar refractivity (Wildman–Crippen MR) is 89.2 cm³/mol. The molecule has 0 radical (unpaired) electrons. The molecule has 0 spiro atoms. The fourth-order valence-electron chi connectivity index (χ4n) is 2.64. The molecule has 0 amide bonds. The molecule has 0 atom stereocenters. The van der Waals surface area contributed by atoms with Crippen LogP contribution >= 0.6 is 23.5 Å².